The second-order valence-corrected chi connectivity index (χ2v) is 10.6. The molecule has 29 heavy (non-hydrogen) atoms. The summed E-state index contributed by atoms with van der Waals surface area (Å²) in [7, 11) is 0. The maximum absolute atomic E-state index is 6.37. The minimum atomic E-state index is 0.108. The zero-order chi connectivity index (χ0) is 20.0. The molecule has 3 fully saturated rings. The molecule has 2 aromatic rings. The summed E-state index contributed by atoms with van der Waals surface area (Å²) in [6.45, 7) is 13.8. The van der Waals surface area contributed by atoms with Crippen LogP contribution in [0.25, 0.3) is 10.1 Å². The number of aromatic nitrogens is 1. The van der Waals surface area contributed by atoms with Crippen LogP contribution in [0.5, 0.6) is 0 Å². The predicted octanol–water partition coefficient (Wildman–Crippen LogP) is 3.08. The summed E-state index contributed by atoms with van der Waals surface area (Å²) in [5, 5.41) is 1.17. The van der Waals surface area contributed by atoms with E-state index in [0.717, 1.165) is 81.5 Å². The van der Waals surface area contributed by atoms with E-state index in [1.165, 1.54) is 10.1 Å². The fraction of sp³-hybridized carbons (Fsp3) is 0.667. The first kappa shape index (κ1) is 20.0. The first-order valence-corrected chi connectivity index (χ1v) is 11.7. The van der Waals surface area contributed by atoms with Crippen molar-refractivity contribution in [1.29, 1.82) is 0 Å². The molecule has 0 aliphatic carbocycles. The molecule has 6 nitrogen and oxygen atoms in total. The number of pyridine rings is 1. The first-order valence-electron chi connectivity index (χ1n) is 10.5. The molecule has 3 saturated heterocycles. The molecule has 0 aromatic carbocycles. The zero-order valence-electron chi connectivity index (χ0n) is 17.2. The molecule has 0 amide bonds. The fourth-order valence-corrected chi connectivity index (χ4v) is 5.80. The predicted molar refractivity (Wildman–Crippen MR) is 118 cm³/mol. The molecule has 8 heteroatoms. The van der Waals surface area contributed by atoms with Gasteiger partial charge < -0.3 is 14.4 Å². The number of fused-ring (bicyclic) bond motifs is 1. The number of ether oxygens (including phenoxy) is 2. The Balaban J connectivity index is 1.40. The van der Waals surface area contributed by atoms with Crippen LogP contribution in [-0.4, -0.2) is 85.5 Å². The Labute approximate surface area is 181 Å². The summed E-state index contributed by atoms with van der Waals surface area (Å²) in [6.07, 6.45) is 0. The van der Waals surface area contributed by atoms with E-state index in [-0.39, 0.29) is 5.54 Å². The molecule has 0 saturated carbocycles. The van der Waals surface area contributed by atoms with Crippen LogP contribution >= 0.6 is 22.9 Å². The Bertz CT molecular complexity index is 879. The van der Waals surface area contributed by atoms with Crippen molar-refractivity contribution in [1.82, 2.24) is 14.8 Å². The molecule has 3 aliphatic rings. The van der Waals surface area contributed by atoms with E-state index in [1.807, 2.05) is 0 Å². The van der Waals surface area contributed by atoms with Crippen molar-refractivity contribution in [3.05, 3.63) is 22.2 Å². The van der Waals surface area contributed by atoms with Crippen molar-refractivity contribution in [2.75, 3.05) is 64.1 Å². The third-order valence-corrected chi connectivity index (χ3v) is 7.63. The number of hydrogen-bond acceptors (Lipinski definition) is 7. The Kier molecular flexibility index (Phi) is 5.47. The minimum Gasteiger partial charge on any atom is -0.378 e. The molecule has 3 aliphatic heterocycles. The number of halogens is 1. The Morgan fingerprint density at radius 3 is 2.62 bits per heavy atom. The van der Waals surface area contributed by atoms with Gasteiger partial charge in [-0.25, -0.2) is 4.98 Å². The fourth-order valence-electron chi connectivity index (χ4n) is 4.60. The van der Waals surface area contributed by atoms with Gasteiger partial charge in [-0.15, -0.1) is 11.3 Å². The van der Waals surface area contributed by atoms with Crippen LogP contribution in [0.1, 0.15) is 19.5 Å². The average Bonchev–Trinajstić information content (AvgIpc) is 3.02. The Morgan fingerprint density at radius 1 is 1.14 bits per heavy atom. The molecular weight excluding hydrogens is 408 g/mol. The number of morpholine rings is 1. The molecule has 0 radical (unpaired) electrons. The maximum Gasteiger partial charge on any atom is 0.137 e. The number of anilines is 1. The van der Waals surface area contributed by atoms with Gasteiger partial charge in [-0.1, -0.05) is 11.6 Å². The quantitative estimate of drug-likeness (QED) is 0.733. The SMILES string of the molecule is CC1(C)CN(C2COC2)CCN1Cc1cc2sc(Cl)cc2c(N2CCOCC2)n1. The average molecular weight is 437 g/mol. The molecule has 5 heterocycles. The van der Waals surface area contributed by atoms with E-state index in [4.69, 9.17) is 26.1 Å². The van der Waals surface area contributed by atoms with E-state index in [2.05, 4.69) is 40.7 Å². The largest absolute Gasteiger partial charge is 0.378 e. The molecular formula is C21H29ClN4O2S. The highest BCUT2D eigenvalue weighted by molar-refractivity contribution is 7.22. The van der Waals surface area contributed by atoms with Gasteiger partial charge in [0.25, 0.3) is 0 Å². The van der Waals surface area contributed by atoms with Crippen LogP contribution in [0.2, 0.25) is 4.34 Å². The van der Waals surface area contributed by atoms with Gasteiger partial charge in [-0.05, 0) is 26.0 Å². The Morgan fingerprint density at radius 2 is 1.93 bits per heavy atom. The lowest BCUT2D eigenvalue weighted by atomic mass is 9.96. The molecule has 5 rings (SSSR count). The van der Waals surface area contributed by atoms with Gasteiger partial charge in [-0.3, -0.25) is 9.80 Å². The normalized spacial score (nSPS) is 24.2. The lowest BCUT2D eigenvalue weighted by Gasteiger charge is -2.50. The second kappa shape index (κ2) is 7.94. The van der Waals surface area contributed by atoms with E-state index < -0.39 is 0 Å². The van der Waals surface area contributed by atoms with Crippen LogP contribution < -0.4 is 4.90 Å². The number of rotatable bonds is 4. The van der Waals surface area contributed by atoms with Gasteiger partial charge >= 0.3 is 0 Å². The molecule has 0 bridgehead atoms. The molecule has 0 unspecified atom stereocenters. The van der Waals surface area contributed by atoms with E-state index in [9.17, 15) is 0 Å². The van der Waals surface area contributed by atoms with Crippen LogP contribution in [0.4, 0.5) is 5.82 Å². The standard InChI is InChI=1S/C21H29ClN4O2S/c1-21(2)14-25(16-12-28-13-16)3-4-26(21)11-15-9-18-17(10-19(22)29-18)20(23-15)24-5-7-27-8-6-24/h9-10,16H,3-8,11-14H2,1-2H3. The summed E-state index contributed by atoms with van der Waals surface area (Å²) in [4.78, 5) is 12.6. The van der Waals surface area contributed by atoms with E-state index in [1.54, 1.807) is 11.3 Å². The summed E-state index contributed by atoms with van der Waals surface area (Å²) in [5.41, 5.74) is 1.24. The first-order chi connectivity index (χ1) is 14.0. The summed E-state index contributed by atoms with van der Waals surface area (Å²) >= 11 is 8.02. The highest BCUT2D eigenvalue weighted by Gasteiger charge is 2.38. The molecule has 0 atom stereocenters. The number of nitrogens with zero attached hydrogens (tertiary/aromatic N) is 4. The molecule has 2 aromatic heterocycles. The van der Waals surface area contributed by atoms with Crippen LogP contribution in [0.15, 0.2) is 12.1 Å². The lowest BCUT2D eigenvalue weighted by Crippen LogP contribution is -2.63. The summed E-state index contributed by atoms with van der Waals surface area (Å²) in [6, 6.07) is 4.90. The van der Waals surface area contributed by atoms with Gasteiger partial charge in [0.1, 0.15) is 5.82 Å². The van der Waals surface area contributed by atoms with Crippen LogP contribution in [0.3, 0.4) is 0 Å². The number of hydrogen-bond donors (Lipinski definition) is 0. The minimum absolute atomic E-state index is 0.108. The van der Waals surface area contributed by atoms with Gasteiger partial charge in [0.15, 0.2) is 0 Å². The smallest absolute Gasteiger partial charge is 0.137 e. The topological polar surface area (TPSA) is 41.1 Å². The lowest BCUT2D eigenvalue weighted by molar-refractivity contribution is -0.101. The second-order valence-electron chi connectivity index (χ2n) is 8.89. The maximum atomic E-state index is 6.37. The highest BCUT2D eigenvalue weighted by Crippen LogP contribution is 2.36. The summed E-state index contributed by atoms with van der Waals surface area (Å²) < 4.78 is 13.0. The van der Waals surface area contributed by atoms with Crippen LogP contribution in [-0.2, 0) is 16.0 Å². The monoisotopic (exact) mass is 436 g/mol. The van der Waals surface area contributed by atoms with Gasteiger partial charge in [-0.2, -0.15) is 0 Å². The van der Waals surface area contributed by atoms with Crippen molar-refractivity contribution in [3.63, 3.8) is 0 Å². The van der Waals surface area contributed by atoms with Gasteiger partial charge in [0.05, 0.1) is 42.5 Å². The summed E-state index contributed by atoms with van der Waals surface area (Å²) in [5.74, 6) is 1.06. The van der Waals surface area contributed by atoms with Crippen molar-refractivity contribution in [2.45, 2.75) is 32.0 Å². The Hall–Kier alpha value is -0.960. The number of piperazine rings is 1. The molecule has 0 N–H and O–H groups in total. The van der Waals surface area contributed by atoms with Crippen molar-refractivity contribution < 1.29 is 9.47 Å². The molecule has 0 spiro atoms. The zero-order valence-corrected chi connectivity index (χ0v) is 18.8. The van der Waals surface area contributed by atoms with Gasteiger partial charge in [0, 0.05) is 54.9 Å². The molecule has 158 valence electrons. The van der Waals surface area contributed by atoms with Crippen LogP contribution in [0, 0.1) is 0 Å². The number of thiophene rings is 1. The van der Waals surface area contributed by atoms with Crippen molar-refractivity contribution >= 4 is 38.8 Å². The third-order valence-electron chi connectivity index (χ3n) is 6.42. The van der Waals surface area contributed by atoms with Crippen molar-refractivity contribution in [2.24, 2.45) is 0 Å². The van der Waals surface area contributed by atoms with Gasteiger partial charge in [0.2, 0.25) is 0 Å². The van der Waals surface area contributed by atoms with E-state index >= 15 is 0 Å². The highest BCUT2D eigenvalue weighted by atomic mass is 35.5. The van der Waals surface area contributed by atoms with E-state index in [0.29, 0.717) is 6.04 Å². The van der Waals surface area contributed by atoms with Crippen molar-refractivity contribution in [3.8, 4) is 0 Å². The third kappa shape index (κ3) is 4.01.